The number of rotatable bonds is 4. The van der Waals surface area contributed by atoms with Crippen molar-refractivity contribution in [2.24, 2.45) is 5.10 Å². The zero-order chi connectivity index (χ0) is 19.3. The van der Waals surface area contributed by atoms with E-state index in [-0.39, 0.29) is 5.91 Å². The maximum Gasteiger partial charge on any atom is 0.285 e. The number of amides is 1. The van der Waals surface area contributed by atoms with Gasteiger partial charge in [-0.1, -0.05) is 42.5 Å². The van der Waals surface area contributed by atoms with Crippen molar-refractivity contribution >= 4 is 11.6 Å². The SMILES string of the molecule is C/C(=N/NC(=O)[C@H]1Oc2ccccc2O[C@@H]1c1ccccc1)c1ccncc1. The molecule has 2 heterocycles. The highest BCUT2D eigenvalue weighted by Gasteiger charge is 2.38. The Morgan fingerprint density at radius 1 is 0.929 bits per heavy atom. The molecule has 0 radical (unpaired) electrons. The van der Waals surface area contributed by atoms with Crippen LogP contribution in [0.4, 0.5) is 0 Å². The Hall–Kier alpha value is -3.67. The number of nitrogens with zero attached hydrogens (tertiary/aromatic N) is 2. The van der Waals surface area contributed by atoms with Crippen LogP contribution in [-0.4, -0.2) is 22.7 Å². The smallest absolute Gasteiger partial charge is 0.285 e. The molecule has 0 bridgehead atoms. The van der Waals surface area contributed by atoms with E-state index in [9.17, 15) is 4.79 Å². The first-order valence-corrected chi connectivity index (χ1v) is 8.94. The van der Waals surface area contributed by atoms with Crippen LogP contribution in [0.25, 0.3) is 0 Å². The van der Waals surface area contributed by atoms with Crippen molar-refractivity contribution in [1.82, 2.24) is 10.4 Å². The fraction of sp³-hybridized carbons (Fsp3) is 0.136. The van der Waals surface area contributed by atoms with Crippen LogP contribution in [0, 0.1) is 0 Å². The molecular formula is C22H19N3O3. The molecule has 4 rings (SSSR count). The summed E-state index contributed by atoms with van der Waals surface area (Å²) in [5, 5.41) is 4.21. The zero-order valence-electron chi connectivity index (χ0n) is 15.3. The Morgan fingerprint density at radius 2 is 1.57 bits per heavy atom. The van der Waals surface area contributed by atoms with Crippen molar-refractivity contribution in [2.45, 2.75) is 19.1 Å². The number of ether oxygens (including phenoxy) is 2. The average Bonchev–Trinajstić information content (AvgIpc) is 2.77. The van der Waals surface area contributed by atoms with Crippen LogP contribution in [0.2, 0.25) is 0 Å². The molecule has 140 valence electrons. The van der Waals surface area contributed by atoms with Crippen molar-refractivity contribution in [3.05, 3.63) is 90.3 Å². The number of aromatic nitrogens is 1. The molecule has 2 atom stereocenters. The molecule has 6 heteroatoms. The Balaban J connectivity index is 1.59. The molecule has 0 fully saturated rings. The van der Waals surface area contributed by atoms with Gasteiger partial charge in [0.15, 0.2) is 17.6 Å². The van der Waals surface area contributed by atoms with Crippen LogP contribution >= 0.6 is 0 Å². The van der Waals surface area contributed by atoms with Gasteiger partial charge in [-0.25, -0.2) is 5.43 Å². The fourth-order valence-electron chi connectivity index (χ4n) is 2.98. The van der Waals surface area contributed by atoms with Crippen LogP contribution in [0.15, 0.2) is 84.2 Å². The van der Waals surface area contributed by atoms with Crippen LogP contribution in [0.1, 0.15) is 24.2 Å². The van der Waals surface area contributed by atoms with Gasteiger partial charge >= 0.3 is 0 Å². The van der Waals surface area contributed by atoms with Gasteiger partial charge in [0.05, 0.1) is 5.71 Å². The lowest BCUT2D eigenvalue weighted by molar-refractivity contribution is -0.134. The molecule has 1 aliphatic heterocycles. The highest BCUT2D eigenvalue weighted by atomic mass is 16.6. The summed E-state index contributed by atoms with van der Waals surface area (Å²) < 4.78 is 12.1. The molecule has 1 N–H and O–H groups in total. The molecule has 2 aromatic carbocycles. The van der Waals surface area contributed by atoms with Gasteiger partial charge in [-0.3, -0.25) is 9.78 Å². The molecule has 1 aromatic heterocycles. The third-order valence-electron chi connectivity index (χ3n) is 4.45. The van der Waals surface area contributed by atoms with Crippen molar-refractivity contribution < 1.29 is 14.3 Å². The van der Waals surface area contributed by atoms with Crippen LogP contribution in [0.3, 0.4) is 0 Å². The second-order valence-corrected chi connectivity index (χ2v) is 6.34. The van der Waals surface area contributed by atoms with Crippen molar-refractivity contribution in [1.29, 1.82) is 0 Å². The predicted molar refractivity (Wildman–Crippen MR) is 105 cm³/mol. The molecule has 0 unspecified atom stereocenters. The number of benzene rings is 2. The minimum absolute atomic E-state index is 0.378. The van der Waals surface area contributed by atoms with E-state index >= 15 is 0 Å². The van der Waals surface area contributed by atoms with Crippen LogP contribution < -0.4 is 14.9 Å². The number of para-hydroxylation sites is 2. The number of carbonyl (C=O) groups excluding carboxylic acids is 1. The zero-order valence-corrected chi connectivity index (χ0v) is 15.3. The lowest BCUT2D eigenvalue weighted by Gasteiger charge is -2.33. The van der Waals surface area contributed by atoms with E-state index in [2.05, 4.69) is 15.5 Å². The maximum absolute atomic E-state index is 12.9. The highest BCUT2D eigenvalue weighted by Crippen LogP contribution is 2.39. The van der Waals surface area contributed by atoms with Gasteiger partial charge in [-0.15, -0.1) is 0 Å². The second-order valence-electron chi connectivity index (χ2n) is 6.34. The van der Waals surface area contributed by atoms with E-state index in [4.69, 9.17) is 9.47 Å². The minimum atomic E-state index is -0.869. The number of hydrogen-bond donors (Lipinski definition) is 1. The van der Waals surface area contributed by atoms with E-state index in [1.807, 2.05) is 67.6 Å². The Labute approximate surface area is 162 Å². The van der Waals surface area contributed by atoms with Gasteiger partial charge in [0.25, 0.3) is 5.91 Å². The molecule has 1 amide bonds. The quantitative estimate of drug-likeness (QED) is 0.561. The molecule has 3 aromatic rings. The van der Waals surface area contributed by atoms with E-state index in [1.165, 1.54) is 0 Å². The summed E-state index contributed by atoms with van der Waals surface area (Å²) in [5.41, 5.74) is 5.00. The van der Waals surface area contributed by atoms with Gasteiger partial charge in [0, 0.05) is 18.0 Å². The lowest BCUT2D eigenvalue weighted by Crippen LogP contribution is -2.44. The van der Waals surface area contributed by atoms with Gasteiger partial charge in [0.2, 0.25) is 6.10 Å². The molecule has 0 spiro atoms. The van der Waals surface area contributed by atoms with Gasteiger partial charge in [0.1, 0.15) is 0 Å². The monoisotopic (exact) mass is 373 g/mol. The minimum Gasteiger partial charge on any atom is -0.477 e. The highest BCUT2D eigenvalue weighted by molar-refractivity contribution is 5.99. The first kappa shape index (κ1) is 17.7. The first-order chi connectivity index (χ1) is 13.7. The standard InChI is InChI=1S/C22H19N3O3/c1-15(16-11-13-23-14-12-16)24-25-22(26)21-20(17-7-3-2-4-8-17)27-18-9-5-6-10-19(18)28-21/h2-14,20-21H,1H3,(H,25,26)/b24-15-/t20-,21+/m1/s1. The summed E-state index contributed by atoms with van der Waals surface area (Å²) in [7, 11) is 0. The number of fused-ring (bicyclic) bond motifs is 1. The van der Waals surface area contributed by atoms with Gasteiger partial charge in [-0.05, 0) is 36.8 Å². The lowest BCUT2D eigenvalue weighted by atomic mass is 10.0. The molecular weight excluding hydrogens is 354 g/mol. The number of pyridine rings is 1. The molecule has 28 heavy (non-hydrogen) atoms. The number of nitrogens with one attached hydrogen (secondary N) is 1. The van der Waals surface area contributed by atoms with Crippen LogP contribution in [-0.2, 0) is 4.79 Å². The summed E-state index contributed by atoms with van der Waals surface area (Å²) in [6.45, 7) is 1.82. The van der Waals surface area contributed by atoms with Crippen LogP contribution in [0.5, 0.6) is 11.5 Å². The van der Waals surface area contributed by atoms with E-state index in [0.717, 1.165) is 11.1 Å². The predicted octanol–water partition coefficient (Wildman–Crippen LogP) is 3.50. The largest absolute Gasteiger partial charge is 0.477 e. The van der Waals surface area contributed by atoms with E-state index in [0.29, 0.717) is 17.2 Å². The summed E-state index contributed by atoms with van der Waals surface area (Å²) >= 11 is 0. The fourth-order valence-corrected chi connectivity index (χ4v) is 2.98. The second kappa shape index (κ2) is 7.92. The summed E-state index contributed by atoms with van der Waals surface area (Å²) in [6.07, 6.45) is 1.91. The summed E-state index contributed by atoms with van der Waals surface area (Å²) in [5.74, 6) is 0.762. The van der Waals surface area contributed by atoms with Gasteiger partial charge < -0.3 is 9.47 Å². The van der Waals surface area contributed by atoms with Gasteiger partial charge in [-0.2, -0.15) is 5.10 Å². The number of carbonyl (C=O) groups is 1. The van der Waals surface area contributed by atoms with Crippen molar-refractivity contribution in [3.63, 3.8) is 0 Å². The third kappa shape index (κ3) is 3.71. The van der Waals surface area contributed by atoms with Crippen molar-refractivity contribution in [3.8, 4) is 11.5 Å². The molecule has 1 aliphatic rings. The Morgan fingerprint density at radius 3 is 2.29 bits per heavy atom. The molecule has 0 saturated heterocycles. The maximum atomic E-state index is 12.9. The summed E-state index contributed by atoms with van der Waals surface area (Å²) in [6, 6.07) is 20.5. The Kier molecular flexibility index (Phi) is 5.01. The third-order valence-corrected chi connectivity index (χ3v) is 4.45. The molecule has 0 aliphatic carbocycles. The van der Waals surface area contributed by atoms with E-state index < -0.39 is 12.2 Å². The Bertz CT molecular complexity index is 990. The first-order valence-electron chi connectivity index (χ1n) is 8.94. The van der Waals surface area contributed by atoms with Crippen molar-refractivity contribution in [2.75, 3.05) is 0 Å². The summed E-state index contributed by atoms with van der Waals surface area (Å²) in [4.78, 5) is 16.9. The average molecular weight is 373 g/mol. The number of hydrogen-bond acceptors (Lipinski definition) is 5. The topological polar surface area (TPSA) is 72.8 Å². The number of hydrazone groups is 1. The molecule has 6 nitrogen and oxygen atoms in total. The molecule has 0 saturated carbocycles. The normalized spacial score (nSPS) is 18.4. The van der Waals surface area contributed by atoms with E-state index in [1.54, 1.807) is 18.5 Å².